The van der Waals surface area contributed by atoms with Gasteiger partial charge in [-0.25, -0.2) is 0 Å². The van der Waals surface area contributed by atoms with Crippen molar-refractivity contribution in [3.05, 3.63) is 29.3 Å². The molecule has 1 aromatic carbocycles. The third kappa shape index (κ3) is 4.11. The molecule has 1 amide bonds. The molecule has 0 unspecified atom stereocenters. The van der Waals surface area contributed by atoms with Gasteiger partial charge in [-0.15, -0.1) is 12.3 Å². The average Bonchev–Trinajstić information content (AvgIpc) is 2.43. The zero-order valence-electron chi connectivity index (χ0n) is 11.2. The van der Waals surface area contributed by atoms with Crippen LogP contribution in [0.15, 0.2) is 18.2 Å². The summed E-state index contributed by atoms with van der Waals surface area (Å²) in [5.41, 5.74) is 3.56. The van der Waals surface area contributed by atoms with E-state index in [-0.39, 0.29) is 5.91 Å². The molecule has 0 bridgehead atoms. The molecule has 3 heteroatoms. The number of carbonyl (C=O) groups excluding carboxylic acids is 1. The zero-order valence-corrected chi connectivity index (χ0v) is 11.2. The third-order valence-electron chi connectivity index (χ3n) is 3.35. The van der Waals surface area contributed by atoms with Gasteiger partial charge in [-0.2, -0.15) is 0 Å². The topological polar surface area (TPSA) is 41.1 Å². The molecule has 0 fully saturated rings. The van der Waals surface area contributed by atoms with E-state index in [9.17, 15) is 4.79 Å². The van der Waals surface area contributed by atoms with Crippen LogP contribution in [0.25, 0.3) is 0 Å². The van der Waals surface area contributed by atoms with Gasteiger partial charge in [0.05, 0.1) is 0 Å². The zero-order chi connectivity index (χ0) is 13.5. The molecule has 1 aliphatic heterocycles. The van der Waals surface area contributed by atoms with Gasteiger partial charge >= 0.3 is 0 Å². The van der Waals surface area contributed by atoms with Crippen molar-refractivity contribution in [2.45, 2.75) is 38.6 Å². The van der Waals surface area contributed by atoms with Gasteiger partial charge < -0.3 is 10.6 Å². The molecule has 2 N–H and O–H groups in total. The fourth-order valence-electron chi connectivity index (χ4n) is 2.29. The molecule has 1 aliphatic rings. The van der Waals surface area contributed by atoms with Gasteiger partial charge in [-0.1, -0.05) is 6.07 Å². The third-order valence-corrected chi connectivity index (χ3v) is 3.35. The van der Waals surface area contributed by atoms with Crippen molar-refractivity contribution >= 4 is 11.6 Å². The summed E-state index contributed by atoms with van der Waals surface area (Å²) in [6.45, 7) is 1.93. The SMILES string of the molecule is C#CCCCCC(=O)Nc1ccc2c(c1)CNCC2. The standard InChI is InChI=1S/C16H20N2O/c1-2-3-4-5-6-16(19)18-15-8-7-13-9-10-17-12-14(13)11-15/h1,7-8,11,17H,3-6,9-10,12H2,(H,18,19). The summed E-state index contributed by atoms with van der Waals surface area (Å²) in [6.07, 6.45) is 9.29. The van der Waals surface area contributed by atoms with Gasteiger partial charge in [0.1, 0.15) is 0 Å². The highest BCUT2D eigenvalue weighted by Gasteiger charge is 2.09. The van der Waals surface area contributed by atoms with Crippen LogP contribution in [-0.4, -0.2) is 12.5 Å². The van der Waals surface area contributed by atoms with E-state index in [1.165, 1.54) is 11.1 Å². The Bertz CT molecular complexity index is 488. The van der Waals surface area contributed by atoms with Crippen molar-refractivity contribution in [3.63, 3.8) is 0 Å². The minimum Gasteiger partial charge on any atom is -0.326 e. The fraction of sp³-hybridized carbons (Fsp3) is 0.438. The predicted octanol–water partition coefficient (Wildman–Crippen LogP) is 2.46. The Morgan fingerprint density at radius 3 is 3.11 bits per heavy atom. The molecule has 0 saturated heterocycles. The molecule has 2 rings (SSSR count). The van der Waals surface area contributed by atoms with E-state index in [1.807, 2.05) is 6.07 Å². The first-order valence-electron chi connectivity index (χ1n) is 6.85. The molecule has 0 radical (unpaired) electrons. The molecule has 100 valence electrons. The van der Waals surface area contributed by atoms with Gasteiger partial charge in [-0.05, 0) is 49.1 Å². The molecule has 3 nitrogen and oxygen atoms in total. The highest BCUT2D eigenvalue weighted by atomic mass is 16.1. The van der Waals surface area contributed by atoms with Crippen LogP contribution in [0.1, 0.15) is 36.8 Å². The van der Waals surface area contributed by atoms with E-state index in [0.29, 0.717) is 6.42 Å². The minimum absolute atomic E-state index is 0.0701. The first kappa shape index (κ1) is 13.6. The van der Waals surface area contributed by atoms with Gasteiger partial charge in [0.2, 0.25) is 5.91 Å². The molecule has 0 atom stereocenters. The van der Waals surface area contributed by atoms with E-state index in [4.69, 9.17) is 6.42 Å². The number of fused-ring (bicyclic) bond motifs is 1. The van der Waals surface area contributed by atoms with Gasteiger partial charge in [0.15, 0.2) is 0 Å². The second kappa shape index (κ2) is 6.96. The lowest BCUT2D eigenvalue weighted by Gasteiger charge is -2.18. The number of amides is 1. The summed E-state index contributed by atoms with van der Waals surface area (Å²) in [5.74, 6) is 2.66. The first-order chi connectivity index (χ1) is 9.29. The molecule has 0 spiro atoms. The largest absolute Gasteiger partial charge is 0.326 e. The van der Waals surface area contributed by atoms with Crippen LogP contribution in [0, 0.1) is 12.3 Å². The van der Waals surface area contributed by atoms with Gasteiger partial charge in [0.25, 0.3) is 0 Å². The molecule has 1 aromatic rings. The maximum Gasteiger partial charge on any atom is 0.224 e. The highest BCUT2D eigenvalue weighted by Crippen LogP contribution is 2.19. The quantitative estimate of drug-likeness (QED) is 0.627. The normalized spacial score (nSPS) is 13.4. The molecular weight excluding hydrogens is 236 g/mol. The number of benzene rings is 1. The Morgan fingerprint density at radius 2 is 2.26 bits per heavy atom. The molecule has 0 aromatic heterocycles. The summed E-state index contributed by atoms with van der Waals surface area (Å²) in [4.78, 5) is 11.8. The lowest BCUT2D eigenvalue weighted by atomic mass is 10.0. The van der Waals surface area contributed by atoms with Crippen LogP contribution < -0.4 is 10.6 Å². The van der Waals surface area contributed by atoms with E-state index in [2.05, 4.69) is 28.7 Å². The second-order valence-corrected chi connectivity index (χ2v) is 4.87. The monoisotopic (exact) mass is 256 g/mol. The number of nitrogens with one attached hydrogen (secondary N) is 2. The average molecular weight is 256 g/mol. The van der Waals surface area contributed by atoms with Crippen molar-refractivity contribution in [1.82, 2.24) is 5.32 Å². The first-order valence-corrected chi connectivity index (χ1v) is 6.85. The smallest absolute Gasteiger partial charge is 0.224 e. The number of carbonyl (C=O) groups is 1. The van der Waals surface area contributed by atoms with Crippen molar-refractivity contribution in [2.75, 3.05) is 11.9 Å². The summed E-state index contributed by atoms with van der Waals surface area (Å²) in [7, 11) is 0. The second-order valence-electron chi connectivity index (χ2n) is 4.87. The fourth-order valence-corrected chi connectivity index (χ4v) is 2.29. The van der Waals surface area contributed by atoms with E-state index >= 15 is 0 Å². The highest BCUT2D eigenvalue weighted by molar-refractivity contribution is 5.90. The van der Waals surface area contributed by atoms with Crippen molar-refractivity contribution < 1.29 is 4.79 Å². The van der Waals surface area contributed by atoms with E-state index in [0.717, 1.165) is 44.5 Å². The Balaban J connectivity index is 1.85. The Hall–Kier alpha value is -1.79. The van der Waals surface area contributed by atoms with Crippen LogP contribution in [0.2, 0.25) is 0 Å². The molecular formula is C16H20N2O. The Kier molecular flexibility index (Phi) is 5.00. The van der Waals surface area contributed by atoms with Crippen molar-refractivity contribution in [1.29, 1.82) is 0 Å². The van der Waals surface area contributed by atoms with E-state index in [1.54, 1.807) is 0 Å². The van der Waals surface area contributed by atoms with Crippen molar-refractivity contribution in [3.8, 4) is 12.3 Å². The number of rotatable bonds is 5. The molecule has 19 heavy (non-hydrogen) atoms. The number of hydrogen-bond donors (Lipinski definition) is 2. The summed E-state index contributed by atoms with van der Waals surface area (Å²) in [6, 6.07) is 6.18. The van der Waals surface area contributed by atoms with Gasteiger partial charge in [-0.3, -0.25) is 4.79 Å². The Labute approximate surface area is 114 Å². The molecule has 1 heterocycles. The van der Waals surface area contributed by atoms with Crippen molar-refractivity contribution in [2.24, 2.45) is 0 Å². The number of anilines is 1. The molecule has 0 saturated carbocycles. The number of hydrogen-bond acceptors (Lipinski definition) is 2. The maximum absolute atomic E-state index is 11.8. The minimum atomic E-state index is 0.0701. The molecule has 0 aliphatic carbocycles. The van der Waals surface area contributed by atoms with E-state index < -0.39 is 0 Å². The van der Waals surface area contributed by atoms with Crippen LogP contribution in [-0.2, 0) is 17.8 Å². The predicted molar refractivity (Wildman–Crippen MR) is 77.8 cm³/mol. The Morgan fingerprint density at radius 1 is 1.37 bits per heavy atom. The van der Waals surface area contributed by atoms with Crippen LogP contribution in [0.5, 0.6) is 0 Å². The summed E-state index contributed by atoms with van der Waals surface area (Å²) < 4.78 is 0. The van der Waals surface area contributed by atoms with Crippen LogP contribution in [0.4, 0.5) is 5.69 Å². The van der Waals surface area contributed by atoms with Gasteiger partial charge in [0, 0.05) is 25.1 Å². The maximum atomic E-state index is 11.8. The number of unbranched alkanes of at least 4 members (excludes halogenated alkanes) is 2. The van der Waals surface area contributed by atoms with Crippen LogP contribution >= 0.6 is 0 Å². The lowest BCUT2D eigenvalue weighted by Crippen LogP contribution is -2.23. The van der Waals surface area contributed by atoms with Crippen LogP contribution in [0.3, 0.4) is 0 Å². The summed E-state index contributed by atoms with van der Waals surface area (Å²) >= 11 is 0. The number of terminal acetylenes is 1. The summed E-state index contributed by atoms with van der Waals surface area (Å²) in [5, 5.41) is 6.29. The lowest BCUT2D eigenvalue weighted by molar-refractivity contribution is -0.116.